The molecule has 2 aliphatic rings. The molecule has 17 heavy (non-hydrogen) atoms. The fraction of sp³-hybridized carbons (Fsp3) is 1.00. The molecule has 2 rings (SSSR count). The highest BCUT2D eigenvalue weighted by atomic mass is 16.5. The van der Waals surface area contributed by atoms with Gasteiger partial charge in [0.1, 0.15) is 5.72 Å². The summed E-state index contributed by atoms with van der Waals surface area (Å²) in [6.45, 7) is 11.6. The van der Waals surface area contributed by atoms with Crippen LogP contribution in [0.3, 0.4) is 0 Å². The van der Waals surface area contributed by atoms with E-state index >= 15 is 0 Å². The predicted octanol–water partition coefficient (Wildman–Crippen LogP) is 3.71. The molecule has 1 N–H and O–H groups in total. The van der Waals surface area contributed by atoms with E-state index in [1.807, 2.05) is 0 Å². The van der Waals surface area contributed by atoms with E-state index in [1.54, 1.807) is 0 Å². The standard InChI is InChI=1S/C15H29NO/c1-11-10-12(2)17-15(16-11)8-6-13(7-9-15)14(3,4)5/h11-13,16H,6-10H2,1-5H3. The highest BCUT2D eigenvalue weighted by molar-refractivity contribution is 4.93. The molecule has 2 fully saturated rings. The minimum absolute atomic E-state index is 0.00116. The van der Waals surface area contributed by atoms with Crippen LogP contribution in [0.15, 0.2) is 0 Å². The second-order valence-electron chi connectivity index (χ2n) is 7.34. The fourth-order valence-corrected chi connectivity index (χ4v) is 3.69. The van der Waals surface area contributed by atoms with Gasteiger partial charge in [-0.05, 0) is 57.3 Å². The Morgan fingerprint density at radius 3 is 2.18 bits per heavy atom. The van der Waals surface area contributed by atoms with E-state index < -0.39 is 0 Å². The molecule has 0 bridgehead atoms. The van der Waals surface area contributed by atoms with Crippen LogP contribution in [0, 0.1) is 11.3 Å². The molecule has 0 aromatic carbocycles. The molecule has 2 atom stereocenters. The van der Waals surface area contributed by atoms with Gasteiger partial charge in [-0.2, -0.15) is 0 Å². The van der Waals surface area contributed by atoms with E-state index in [2.05, 4.69) is 39.9 Å². The van der Waals surface area contributed by atoms with Crippen LogP contribution in [-0.4, -0.2) is 17.9 Å². The van der Waals surface area contributed by atoms with Crippen LogP contribution in [0.1, 0.15) is 66.7 Å². The third-order valence-corrected chi connectivity index (χ3v) is 4.64. The first-order chi connectivity index (χ1) is 7.81. The molecule has 1 aliphatic heterocycles. The zero-order valence-corrected chi connectivity index (χ0v) is 12.2. The zero-order chi connectivity index (χ0) is 12.7. The summed E-state index contributed by atoms with van der Waals surface area (Å²) in [5, 5.41) is 3.71. The Bertz CT molecular complexity index is 249. The van der Waals surface area contributed by atoms with Crippen LogP contribution in [0.4, 0.5) is 0 Å². The lowest BCUT2D eigenvalue weighted by Crippen LogP contribution is -2.59. The number of ether oxygens (including phenoxy) is 1. The quantitative estimate of drug-likeness (QED) is 0.696. The van der Waals surface area contributed by atoms with Crippen LogP contribution in [0.5, 0.6) is 0 Å². The van der Waals surface area contributed by atoms with Crippen LogP contribution in [-0.2, 0) is 4.74 Å². The third-order valence-electron chi connectivity index (χ3n) is 4.64. The van der Waals surface area contributed by atoms with E-state index in [4.69, 9.17) is 4.74 Å². The van der Waals surface area contributed by atoms with E-state index in [0.717, 1.165) is 12.3 Å². The maximum absolute atomic E-state index is 6.24. The molecular formula is C15H29NO. The second-order valence-corrected chi connectivity index (χ2v) is 7.34. The predicted molar refractivity (Wildman–Crippen MR) is 71.9 cm³/mol. The Morgan fingerprint density at radius 1 is 1.12 bits per heavy atom. The molecule has 2 unspecified atom stereocenters. The van der Waals surface area contributed by atoms with Gasteiger partial charge in [0, 0.05) is 6.04 Å². The Morgan fingerprint density at radius 2 is 1.71 bits per heavy atom. The van der Waals surface area contributed by atoms with E-state index in [-0.39, 0.29) is 5.72 Å². The summed E-state index contributed by atoms with van der Waals surface area (Å²) in [5.74, 6) is 0.853. The number of hydrogen-bond donors (Lipinski definition) is 1. The van der Waals surface area contributed by atoms with Gasteiger partial charge in [0.15, 0.2) is 0 Å². The van der Waals surface area contributed by atoms with Crippen molar-refractivity contribution >= 4 is 0 Å². The number of rotatable bonds is 0. The molecule has 0 aromatic rings. The minimum atomic E-state index is -0.00116. The Kier molecular flexibility index (Phi) is 3.57. The lowest BCUT2D eigenvalue weighted by atomic mass is 9.70. The maximum atomic E-state index is 6.24. The van der Waals surface area contributed by atoms with Crippen molar-refractivity contribution in [3.05, 3.63) is 0 Å². The molecule has 0 aromatic heterocycles. The summed E-state index contributed by atoms with van der Waals surface area (Å²) < 4.78 is 6.24. The van der Waals surface area contributed by atoms with Crippen LogP contribution in [0.25, 0.3) is 0 Å². The van der Waals surface area contributed by atoms with Gasteiger partial charge in [-0.3, -0.25) is 5.32 Å². The van der Waals surface area contributed by atoms with Crippen molar-refractivity contribution in [1.29, 1.82) is 0 Å². The molecule has 2 heteroatoms. The number of nitrogens with one attached hydrogen (secondary N) is 1. The monoisotopic (exact) mass is 239 g/mol. The molecule has 1 saturated heterocycles. The first kappa shape index (κ1) is 13.4. The molecule has 1 saturated carbocycles. The van der Waals surface area contributed by atoms with Crippen LogP contribution < -0.4 is 5.32 Å². The highest BCUT2D eigenvalue weighted by Gasteiger charge is 2.43. The summed E-state index contributed by atoms with van der Waals surface area (Å²) in [6, 6.07) is 0.602. The van der Waals surface area contributed by atoms with Gasteiger partial charge in [-0.15, -0.1) is 0 Å². The summed E-state index contributed by atoms with van der Waals surface area (Å²) in [5.41, 5.74) is 0.451. The first-order valence-electron chi connectivity index (χ1n) is 7.26. The lowest BCUT2D eigenvalue weighted by molar-refractivity contribution is -0.172. The van der Waals surface area contributed by atoms with Crippen molar-refractivity contribution in [2.45, 2.75) is 84.6 Å². The lowest BCUT2D eigenvalue weighted by Gasteiger charge is -2.49. The molecule has 1 spiro atoms. The smallest absolute Gasteiger partial charge is 0.119 e. The summed E-state index contributed by atoms with van der Waals surface area (Å²) >= 11 is 0. The van der Waals surface area contributed by atoms with Crippen molar-refractivity contribution in [3.8, 4) is 0 Å². The topological polar surface area (TPSA) is 21.3 Å². The average Bonchev–Trinajstić information content (AvgIpc) is 2.14. The minimum Gasteiger partial charge on any atom is -0.358 e. The molecule has 1 aliphatic carbocycles. The van der Waals surface area contributed by atoms with Crippen LogP contribution >= 0.6 is 0 Å². The third kappa shape index (κ3) is 3.03. The van der Waals surface area contributed by atoms with Gasteiger partial charge in [-0.1, -0.05) is 20.8 Å². The fourth-order valence-electron chi connectivity index (χ4n) is 3.69. The normalized spacial score (nSPS) is 43.9. The second kappa shape index (κ2) is 4.55. The summed E-state index contributed by atoms with van der Waals surface area (Å²) in [7, 11) is 0. The van der Waals surface area contributed by atoms with Crippen molar-refractivity contribution in [3.63, 3.8) is 0 Å². The van der Waals surface area contributed by atoms with Crippen molar-refractivity contribution in [2.75, 3.05) is 0 Å². The SMILES string of the molecule is CC1CC(C)OC2(CCC(C(C)(C)C)CC2)N1. The first-order valence-corrected chi connectivity index (χ1v) is 7.26. The zero-order valence-electron chi connectivity index (χ0n) is 12.2. The molecule has 0 radical (unpaired) electrons. The summed E-state index contributed by atoms with van der Waals surface area (Å²) in [6.07, 6.45) is 6.53. The largest absolute Gasteiger partial charge is 0.358 e. The maximum Gasteiger partial charge on any atom is 0.119 e. The Hall–Kier alpha value is -0.0800. The van der Waals surface area contributed by atoms with Gasteiger partial charge >= 0.3 is 0 Å². The average molecular weight is 239 g/mol. The van der Waals surface area contributed by atoms with Crippen LogP contribution in [0.2, 0.25) is 0 Å². The van der Waals surface area contributed by atoms with Gasteiger partial charge in [0.2, 0.25) is 0 Å². The van der Waals surface area contributed by atoms with Crippen molar-refractivity contribution in [1.82, 2.24) is 5.32 Å². The molecule has 0 amide bonds. The van der Waals surface area contributed by atoms with Gasteiger partial charge in [0.05, 0.1) is 6.10 Å². The van der Waals surface area contributed by atoms with E-state index in [1.165, 1.54) is 25.7 Å². The molecule has 2 nitrogen and oxygen atoms in total. The van der Waals surface area contributed by atoms with E-state index in [9.17, 15) is 0 Å². The summed E-state index contributed by atoms with van der Waals surface area (Å²) in [4.78, 5) is 0. The number of hydrogen-bond acceptors (Lipinski definition) is 2. The van der Waals surface area contributed by atoms with Crippen molar-refractivity contribution < 1.29 is 4.74 Å². The highest BCUT2D eigenvalue weighted by Crippen LogP contribution is 2.43. The molecule has 1 heterocycles. The van der Waals surface area contributed by atoms with Gasteiger partial charge in [0.25, 0.3) is 0 Å². The Balaban J connectivity index is 1.97. The van der Waals surface area contributed by atoms with E-state index in [0.29, 0.717) is 17.6 Å². The van der Waals surface area contributed by atoms with Gasteiger partial charge < -0.3 is 4.74 Å². The van der Waals surface area contributed by atoms with Crippen molar-refractivity contribution in [2.24, 2.45) is 11.3 Å². The Labute approximate surface area is 107 Å². The molecular weight excluding hydrogens is 210 g/mol. The molecule has 100 valence electrons. The van der Waals surface area contributed by atoms with Gasteiger partial charge in [-0.25, -0.2) is 0 Å².